The number of pyridine rings is 1. The predicted octanol–water partition coefficient (Wildman–Crippen LogP) is 3.83. The van der Waals surface area contributed by atoms with E-state index in [4.69, 9.17) is 0 Å². The van der Waals surface area contributed by atoms with E-state index in [1.165, 1.54) is 28.9 Å². The molecule has 0 radical (unpaired) electrons. The number of carbonyl (C=O) groups excluding carboxylic acids is 2. The van der Waals surface area contributed by atoms with Crippen LogP contribution in [-0.2, 0) is 22.4 Å². The molecule has 0 N–H and O–H groups in total. The van der Waals surface area contributed by atoms with Crippen molar-refractivity contribution in [1.82, 2.24) is 9.78 Å². The van der Waals surface area contributed by atoms with Crippen LogP contribution in [0.5, 0.6) is 5.88 Å². The van der Waals surface area contributed by atoms with Gasteiger partial charge in [-0.25, -0.2) is 14.0 Å². The second-order valence-electron chi connectivity index (χ2n) is 8.74. The number of nitrogens with zero attached hydrogens (tertiary/aromatic N) is 4. The van der Waals surface area contributed by atoms with Gasteiger partial charge in [0.15, 0.2) is 12.4 Å². The fourth-order valence-electron chi connectivity index (χ4n) is 4.53. The van der Waals surface area contributed by atoms with Gasteiger partial charge in [0.1, 0.15) is 11.4 Å². The van der Waals surface area contributed by atoms with Gasteiger partial charge in [-0.2, -0.15) is 9.67 Å². The number of anilines is 1. The van der Waals surface area contributed by atoms with Crippen molar-refractivity contribution in [3.05, 3.63) is 102 Å². The Bertz CT molecular complexity index is 1520. The van der Waals surface area contributed by atoms with Crippen molar-refractivity contribution in [2.45, 2.75) is 33.1 Å². The van der Waals surface area contributed by atoms with Crippen molar-refractivity contribution in [3.63, 3.8) is 0 Å². The standard InChI is InChI=1S/C29H25FN4O3/c1-3-9-23-24(28(36)34(31-23)22-15-13-20(30)14-16-22)25-26(32-17-8-10-19(4-2)18-32)29(37)33(27(25)35)21-11-6-5-7-12-21/h5-8,10-18H,3-4,9H2,1-2H3. The van der Waals surface area contributed by atoms with Gasteiger partial charge in [0.2, 0.25) is 0 Å². The highest BCUT2D eigenvalue weighted by molar-refractivity contribution is 6.53. The van der Waals surface area contributed by atoms with Crippen LogP contribution < -0.4 is 14.6 Å². The van der Waals surface area contributed by atoms with E-state index in [0.29, 0.717) is 29.9 Å². The van der Waals surface area contributed by atoms with Crippen LogP contribution in [0.25, 0.3) is 17.0 Å². The number of benzene rings is 2. The first-order chi connectivity index (χ1) is 17.9. The van der Waals surface area contributed by atoms with Crippen LogP contribution in [0.2, 0.25) is 0 Å². The second kappa shape index (κ2) is 9.81. The molecule has 2 aromatic carbocycles. The maximum absolute atomic E-state index is 14.0. The van der Waals surface area contributed by atoms with Crippen molar-refractivity contribution in [1.29, 1.82) is 0 Å². The Kier molecular flexibility index (Phi) is 6.40. The molecule has 37 heavy (non-hydrogen) atoms. The molecule has 1 aliphatic rings. The summed E-state index contributed by atoms with van der Waals surface area (Å²) >= 11 is 0. The highest BCUT2D eigenvalue weighted by Gasteiger charge is 2.47. The van der Waals surface area contributed by atoms with Crippen LogP contribution in [0.3, 0.4) is 0 Å². The number of aromatic nitrogens is 3. The largest absolute Gasteiger partial charge is 0.858 e. The number of hydrogen-bond donors (Lipinski definition) is 0. The van der Waals surface area contributed by atoms with Crippen LogP contribution in [-0.4, -0.2) is 21.6 Å². The Morgan fingerprint density at radius 2 is 1.65 bits per heavy atom. The zero-order valence-corrected chi connectivity index (χ0v) is 20.5. The van der Waals surface area contributed by atoms with Gasteiger partial charge in [0.05, 0.1) is 17.1 Å². The van der Waals surface area contributed by atoms with E-state index in [-0.39, 0.29) is 16.8 Å². The molecular formula is C29H25FN4O3. The molecule has 186 valence electrons. The van der Waals surface area contributed by atoms with Crippen LogP contribution >= 0.6 is 0 Å². The SMILES string of the molecule is CCCc1nn(-c2ccc(F)cc2)c([O-])c1C1=C([n+]2cccc(CC)c2)C(=O)N(c2ccccc2)C1=O. The van der Waals surface area contributed by atoms with Gasteiger partial charge in [-0.05, 0) is 61.2 Å². The number of halogens is 1. The molecule has 0 spiro atoms. The first-order valence-corrected chi connectivity index (χ1v) is 12.2. The molecule has 5 rings (SSSR count). The molecule has 0 fully saturated rings. The van der Waals surface area contributed by atoms with E-state index in [2.05, 4.69) is 5.10 Å². The zero-order valence-electron chi connectivity index (χ0n) is 20.5. The molecule has 4 aromatic rings. The topological polar surface area (TPSA) is 82.1 Å². The maximum Gasteiger partial charge on any atom is 0.331 e. The zero-order chi connectivity index (χ0) is 26.1. The van der Waals surface area contributed by atoms with E-state index in [1.54, 1.807) is 53.4 Å². The van der Waals surface area contributed by atoms with E-state index in [1.807, 2.05) is 19.9 Å². The summed E-state index contributed by atoms with van der Waals surface area (Å²) in [6.07, 6.45) is 5.30. The quantitative estimate of drug-likeness (QED) is 0.288. The number of para-hydroxylation sites is 1. The molecule has 0 unspecified atom stereocenters. The van der Waals surface area contributed by atoms with Gasteiger partial charge in [0, 0.05) is 17.2 Å². The van der Waals surface area contributed by atoms with E-state index < -0.39 is 23.5 Å². The van der Waals surface area contributed by atoms with E-state index >= 15 is 0 Å². The van der Waals surface area contributed by atoms with Crippen LogP contribution in [0.4, 0.5) is 10.1 Å². The van der Waals surface area contributed by atoms with Crippen LogP contribution in [0.15, 0.2) is 79.1 Å². The summed E-state index contributed by atoms with van der Waals surface area (Å²) in [5.41, 5.74) is 2.35. The summed E-state index contributed by atoms with van der Waals surface area (Å²) in [6, 6.07) is 17.8. The minimum atomic E-state index is -0.589. The Hall–Kier alpha value is -4.59. The summed E-state index contributed by atoms with van der Waals surface area (Å²) in [7, 11) is 0. The average Bonchev–Trinajstić information content (AvgIpc) is 3.36. The summed E-state index contributed by atoms with van der Waals surface area (Å²) in [6.45, 7) is 3.94. The number of carbonyl (C=O) groups is 2. The molecule has 2 amide bonds. The monoisotopic (exact) mass is 496 g/mol. The molecule has 2 aromatic heterocycles. The third kappa shape index (κ3) is 4.20. The minimum absolute atomic E-state index is 0.00826. The van der Waals surface area contributed by atoms with Crippen molar-refractivity contribution in [2.24, 2.45) is 0 Å². The normalized spacial score (nSPS) is 13.6. The maximum atomic E-state index is 14.0. The molecule has 0 atom stereocenters. The molecule has 0 bridgehead atoms. The van der Waals surface area contributed by atoms with E-state index in [9.17, 15) is 19.1 Å². The minimum Gasteiger partial charge on any atom is -0.858 e. The number of aryl methyl sites for hydroxylation is 2. The van der Waals surface area contributed by atoms with Gasteiger partial charge in [-0.3, -0.25) is 9.59 Å². The Morgan fingerprint density at radius 1 is 0.919 bits per heavy atom. The lowest BCUT2D eigenvalue weighted by Gasteiger charge is -2.15. The molecule has 7 nitrogen and oxygen atoms in total. The number of amides is 2. The van der Waals surface area contributed by atoms with Crippen molar-refractivity contribution < 1.29 is 23.7 Å². The molecule has 1 aliphatic heterocycles. The van der Waals surface area contributed by atoms with Crippen molar-refractivity contribution in [3.8, 4) is 11.6 Å². The average molecular weight is 497 g/mol. The fourth-order valence-corrected chi connectivity index (χ4v) is 4.53. The van der Waals surface area contributed by atoms with E-state index in [0.717, 1.165) is 16.9 Å². The lowest BCUT2D eigenvalue weighted by atomic mass is 10.0. The smallest absolute Gasteiger partial charge is 0.331 e. The predicted molar refractivity (Wildman–Crippen MR) is 135 cm³/mol. The third-order valence-corrected chi connectivity index (χ3v) is 6.33. The number of hydrogen-bond acceptors (Lipinski definition) is 4. The fraction of sp³-hybridized carbons (Fsp3) is 0.172. The highest BCUT2D eigenvalue weighted by Crippen LogP contribution is 2.39. The van der Waals surface area contributed by atoms with Gasteiger partial charge in [-0.15, -0.1) is 0 Å². The molecule has 0 aliphatic carbocycles. The van der Waals surface area contributed by atoms with Crippen molar-refractivity contribution in [2.75, 3.05) is 4.90 Å². The molecular weight excluding hydrogens is 471 g/mol. The summed E-state index contributed by atoms with van der Waals surface area (Å²) < 4.78 is 16.3. The van der Waals surface area contributed by atoms with Gasteiger partial charge in [0.25, 0.3) is 11.6 Å². The number of imide groups is 1. The third-order valence-electron chi connectivity index (χ3n) is 6.33. The summed E-state index contributed by atoms with van der Waals surface area (Å²) in [5, 5.41) is 18.3. The second-order valence-corrected chi connectivity index (χ2v) is 8.74. The highest BCUT2D eigenvalue weighted by atomic mass is 19.1. The summed E-state index contributed by atoms with van der Waals surface area (Å²) in [5.74, 6) is -2.09. The van der Waals surface area contributed by atoms with Gasteiger partial charge < -0.3 is 5.11 Å². The van der Waals surface area contributed by atoms with Crippen molar-refractivity contribution >= 4 is 28.8 Å². The Morgan fingerprint density at radius 3 is 2.32 bits per heavy atom. The lowest BCUT2D eigenvalue weighted by molar-refractivity contribution is -0.577. The van der Waals surface area contributed by atoms with Crippen LogP contribution in [0.1, 0.15) is 37.1 Å². The summed E-state index contributed by atoms with van der Waals surface area (Å²) in [4.78, 5) is 28.9. The molecule has 0 saturated heterocycles. The number of rotatable bonds is 7. The van der Waals surface area contributed by atoms with Gasteiger partial charge in [-0.1, -0.05) is 38.5 Å². The molecule has 3 heterocycles. The van der Waals surface area contributed by atoms with Gasteiger partial charge >= 0.3 is 5.91 Å². The Labute approximate surface area is 213 Å². The van der Waals surface area contributed by atoms with Crippen LogP contribution in [0, 0.1) is 5.82 Å². The molecule has 8 heteroatoms. The Balaban J connectivity index is 1.78. The first kappa shape index (κ1) is 24.1. The lowest BCUT2D eigenvalue weighted by Crippen LogP contribution is -2.40. The molecule has 0 saturated carbocycles. The first-order valence-electron chi connectivity index (χ1n) is 12.2.